The molecule has 2 heterocycles. The first kappa shape index (κ1) is 25.5. The standard InChI is InChI=1S/C26H32N4O3S/c1-18(2)9-10-20-11-12-23(25(32)28-21-13-14-27-22(15-21)16-31)26(29-20)34(33)17-19-7-5-6-8-24(19)30(3)4/h5-8,11-15,18,31H,9-10,16-17H2,1-4H3,(H,27,28,32). The second kappa shape index (κ2) is 11.9. The van der Waals surface area contributed by atoms with Gasteiger partial charge in [0.25, 0.3) is 5.91 Å². The molecule has 1 unspecified atom stereocenters. The molecule has 34 heavy (non-hydrogen) atoms. The fourth-order valence-corrected chi connectivity index (χ4v) is 4.81. The SMILES string of the molecule is CC(C)CCc1ccc(C(=O)Nc2ccnc(CO)c2)c(S(=O)Cc2ccccc2N(C)C)n1. The lowest BCUT2D eigenvalue weighted by Crippen LogP contribution is -2.18. The third-order valence-electron chi connectivity index (χ3n) is 5.35. The van der Waals surface area contributed by atoms with E-state index in [2.05, 4.69) is 29.1 Å². The normalized spacial score (nSPS) is 11.9. The summed E-state index contributed by atoms with van der Waals surface area (Å²) >= 11 is 0. The van der Waals surface area contributed by atoms with Crippen molar-refractivity contribution in [2.24, 2.45) is 5.92 Å². The molecule has 2 aromatic heterocycles. The van der Waals surface area contributed by atoms with Crippen molar-refractivity contribution in [2.75, 3.05) is 24.3 Å². The number of hydrogen-bond donors (Lipinski definition) is 2. The maximum atomic E-state index is 13.6. The van der Waals surface area contributed by atoms with Crippen molar-refractivity contribution < 1.29 is 14.1 Å². The maximum absolute atomic E-state index is 13.6. The Labute approximate surface area is 203 Å². The summed E-state index contributed by atoms with van der Waals surface area (Å²) in [5, 5.41) is 12.4. The summed E-state index contributed by atoms with van der Waals surface area (Å²) in [4.78, 5) is 23.9. The van der Waals surface area contributed by atoms with Gasteiger partial charge in [-0.25, -0.2) is 4.98 Å². The third-order valence-corrected chi connectivity index (χ3v) is 6.67. The highest BCUT2D eigenvalue weighted by molar-refractivity contribution is 7.84. The van der Waals surface area contributed by atoms with E-state index in [1.165, 1.54) is 6.20 Å². The summed E-state index contributed by atoms with van der Waals surface area (Å²) in [5.41, 5.74) is 3.95. The largest absolute Gasteiger partial charge is 0.390 e. The van der Waals surface area contributed by atoms with E-state index in [1.807, 2.05) is 49.3 Å². The molecule has 0 bridgehead atoms. The minimum atomic E-state index is -1.53. The van der Waals surface area contributed by atoms with Crippen LogP contribution in [0, 0.1) is 5.92 Å². The second-order valence-corrected chi connectivity index (χ2v) is 10.1. The molecule has 0 aliphatic heterocycles. The molecule has 8 heteroatoms. The Morgan fingerprint density at radius 3 is 2.59 bits per heavy atom. The lowest BCUT2D eigenvalue weighted by atomic mass is 10.1. The molecule has 1 aromatic carbocycles. The van der Waals surface area contributed by atoms with E-state index in [0.717, 1.165) is 29.8 Å². The summed E-state index contributed by atoms with van der Waals surface area (Å²) in [6, 6.07) is 14.6. The average molecular weight is 481 g/mol. The molecule has 7 nitrogen and oxygen atoms in total. The number of aromatic nitrogens is 2. The molecular weight excluding hydrogens is 448 g/mol. The lowest BCUT2D eigenvalue weighted by Gasteiger charge is -2.17. The van der Waals surface area contributed by atoms with E-state index < -0.39 is 16.7 Å². The summed E-state index contributed by atoms with van der Waals surface area (Å²) < 4.78 is 13.6. The smallest absolute Gasteiger partial charge is 0.258 e. The van der Waals surface area contributed by atoms with Crippen molar-refractivity contribution in [2.45, 2.75) is 44.1 Å². The fraction of sp³-hybridized carbons (Fsp3) is 0.346. The number of nitrogens with zero attached hydrogens (tertiary/aromatic N) is 3. The van der Waals surface area contributed by atoms with Crippen LogP contribution in [0.1, 0.15) is 47.6 Å². The number of aliphatic hydroxyl groups is 1. The van der Waals surface area contributed by atoms with Crippen LogP contribution >= 0.6 is 0 Å². The molecule has 3 rings (SSSR count). The highest BCUT2D eigenvalue weighted by Crippen LogP contribution is 2.24. The predicted molar refractivity (Wildman–Crippen MR) is 136 cm³/mol. The first-order valence-corrected chi connectivity index (χ1v) is 12.6. The monoisotopic (exact) mass is 480 g/mol. The van der Waals surface area contributed by atoms with Gasteiger partial charge in [0.2, 0.25) is 0 Å². The van der Waals surface area contributed by atoms with Crippen molar-refractivity contribution >= 4 is 28.1 Å². The van der Waals surface area contributed by atoms with E-state index in [4.69, 9.17) is 0 Å². The van der Waals surface area contributed by atoms with Gasteiger partial charge < -0.3 is 15.3 Å². The van der Waals surface area contributed by atoms with E-state index in [1.54, 1.807) is 18.2 Å². The van der Waals surface area contributed by atoms with Crippen LogP contribution in [-0.4, -0.2) is 39.3 Å². The number of aryl methyl sites for hydroxylation is 1. The molecule has 0 saturated carbocycles. The van der Waals surface area contributed by atoms with Crippen LogP contribution < -0.4 is 10.2 Å². The molecule has 180 valence electrons. The van der Waals surface area contributed by atoms with Crippen molar-refractivity contribution in [3.63, 3.8) is 0 Å². The summed E-state index contributed by atoms with van der Waals surface area (Å²) in [7, 11) is 2.36. The average Bonchev–Trinajstić information content (AvgIpc) is 2.82. The van der Waals surface area contributed by atoms with Crippen LogP contribution in [0.5, 0.6) is 0 Å². The Morgan fingerprint density at radius 1 is 1.12 bits per heavy atom. The number of para-hydroxylation sites is 1. The molecule has 0 aliphatic rings. The predicted octanol–water partition coefficient (Wildman–Crippen LogP) is 4.18. The van der Waals surface area contributed by atoms with Crippen molar-refractivity contribution in [1.82, 2.24) is 9.97 Å². The minimum absolute atomic E-state index is 0.226. The molecule has 1 amide bonds. The van der Waals surface area contributed by atoms with Gasteiger partial charge in [0.1, 0.15) is 5.03 Å². The zero-order valence-corrected chi connectivity index (χ0v) is 20.9. The molecule has 3 aromatic rings. The van der Waals surface area contributed by atoms with Crippen LogP contribution in [-0.2, 0) is 29.6 Å². The second-order valence-electron chi connectivity index (χ2n) is 8.75. The number of anilines is 2. The molecule has 0 fully saturated rings. The lowest BCUT2D eigenvalue weighted by molar-refractivity contribution is 0.102. The minimum Gasteiger partial charge on any atom is -0.390 e. The van der Waals surface area contributed by atoms with Crippen LogP contribution in [0.15, 0.2) is 59.8 Å². The van der Waals surface area contributed by atoms with Crippen molar-refractivity contribution in [3.05, 3.63) is 77.2 Å². The van der Waals surface area contributed by atoms with Gasteiger partial charge in [0.05, 0.1) is 34.4 Å². The van der Waals surface area contributed by atoms with Gasteiger partial charge in [-0.2, -0.15) is 0 Å². The number of rotatable bonds is 10. The Morgan fingerprint density at radius 2 is 1.88 bits per heavy atom. The van der Waals surface area contributed by atoms with E-state index in [-0.39, 0.29) is 22.9 Å². The summed E-state index contributed by atoms with van der Waals surface area (Å²) in [6.07, 6.45) is 3.23. The first-order valence-electron chi connectivity index (χ1n) is 11.3. The van der Waals surface area contributed by atoms with E-state index in [0.29, 0.717) is 17.3 Å². The molecule has 0 aliphatic carbocycles. The first-order chi connectivity index (χ1) is 16.3. The quantitative estimate of drug-likeness (QED) is 0.452. The van der Waals surface area contributed by atoms with Crippen LogP contribution in [0.2, 0.25) is 0 Å². The molecule has 2 N–H and O–H groups in total. The Hall–Kier alpha value is -3.10. The maximum Gasteiger partial charge on any atom is 0.258 e. The van der Waals surface area contributed by atoms with Gasteiger partial charge in [-0.3, -0.25) is 14.0 Å². The van der Waals surface area contributed by atoms with Gasteiger partial charge in [-0.05, 0) is 54.7 Å². The van der Waals surface area contributed by atoms with E-state index >= 15 is 0 Å². The van der Waals surface area contributed by atoms with Gasteiger partial charge >= 0.3 is 0 Å². The highest BCUT2D eigenvalue weighted by Gasteiger charge is 2.21. The van der Waals surface area contributed by atoms with Crippen LogP contribution in [0.25, 0.3) is 0 Å². The zero-order valence-electron chi connectivity index (χ0n) is 20.1. The van der Waals surface area contributed by atoms with E-state index in [9.17, 15) is 14.1 Å². The number of amides is 1. The van der Waals surface area contributed by atoms with Gasteiger partial charge in [0.15, 0.2) is 0 Å². The summed E-state index contributed by atoms with van der Waals surface area (Å²) in [6.45, 7) is 4.07. The zero-order chi connectivity index (χ0) is 24.7. The Balaban J connectivity index is 1.94. The molecule has 1 atom stereocenters. The molecule has 0 radical (unpaired) electrons. The molecule has 0 spiro atoms. The number of pyridine rings is 2. The van der Waals surface area contributed by atoms with Gasteiger partial charge in [0, 0.05) is 37.4 Å². The molecular formula is C26H32N4O3S. The van der Waals surface area contributed by atoms with Crippen molar-refractivity contribution in [1.29, 1.82) is 0 Å². The highest BCUT2D eigenvalue weighted by atomic mass is 32.2. The van der Waals surface area contributed by atoms with Crippen LogP contribution in [0.4, 0.5) is 11.4 Å². The molecule has 0 saturated heterocycles. The van der Waals surface area contributed by atoms with Crippen molar-refractivity contribution in [3.8, 4) is 0 Å². The van der Waals surface area contributed by atoms with Gasteiger partial charge in [-0.15, -0.1) is 0 Å². The number of benzene rings is 1. The number of carbonyl (C=O) groups excluding carboxylic acids is 1. The topological polar surface area (TPSA) is 95.4 Å². The number of aliphatic hydroxyl groups excluding tert-OH is 1. The number of hydrogen-bond acceptors (Lipinski definition) is 6. The Bertz CT molecular complexity index is 1160. The summed E-state index contributed by atoms with van der Waals surface area (Å²) in [5.74, 6) is 0.361. The van der Waals surface area contributed by atoms with Crippen LogP contribution in [0.3, 0.4) is 0 Å². The number of nitrogens with one attached hydrogen (secondary N) is 1. The number of carbonyl (C=O) groups is 1. The Kier molecular flexibility index (Phi) is 8.90. The third kappa shape index (κ3) is 6.71. The van der Waals surface area contributed by atoms with Gasteiger partial charge in [-0.1, -0.05) is 32.0 Å². The fourth-order valence-electron chi connectivity index (χ4n) is 3.52.